The largest absolute Gasteiger partial charge is 0.492 e. The fraction of sp³-hybridized carbons (Fsp3) is 0.455. The van der Waals surface area contributed by atoms with Gasteiger partial charge in [-0.1, -0.05) is 6.07 Å². The van der Waals surface area contributed by atoms with Crippen LogP contribution in [0.4, 0.5) is 11.4 Å². The zero-order chi connectivity index (χ0) is 11.1. The van der Waals surface area contributed by atoms with E-state index in [1.54, 1.807) is 11.8 Å². The highest BCUT2D eigenvalue weighted by Gasteiger charge is 2.04. The van der Waals surface area contributed by atoms with E-state index in [1.807, 2.05) is 25.1 Å². The molecule has 0 atom stereocenters. The van der Waals surface area contributed by atoms with Gasteiger partial charge < -0.3 is 15.8 Å². The van der Waals surface area contributed by atoms with E-state index in [9.17, 15) is 0 Å². The average Bonchev–Trinajstić information content (AvgIpc) is 2.24. The number of nitrogens with one attached hydrogen (secondary N) is 1. The Morgan fingerprint density at radius 1 is 1.47 bits per heavy atom. The minimum atomic E-state index is 0.637. The highest BCUT2D eigenvalue weighted by Crippen LogP contribution is 2.29. The molecule has 3 nitrogen and oxygen atoms in total. The van der Waals surface area contributed by atoms with E-state index < -0.39 is 0 Å². The van der Waals surface area contributed by atoms with Crippen molar-refractivity contribution in [2.75, 3.05) is 36.2 Å². The number of nitrogen functional groups attached to an aromatic ring is 1. The minimum Gasteiger partial charge on any atom is -0.492 e. The number of rotatable bonds is 6. The first-order valence-electron chi connectivity index (χ1n) is 5.03. The van der Waals surface area contributed by atoms with Crippen LogP contribution in [-0.2, 0) is 0 Å². The maximum absolute atomic E-state index is 5.96. The molecule has 0 aliphatic heterocycles. The molecule has 0 saturated carbocycles. The molecule has 1 aromatic carbocycles. The molecule has 0 aromatic heterocycles. The summed E-state index contributed by atoms with van der Waals surface area (Å²) in [5.74, 6) is 1.82. The summed E-state index contributed by atoms with van der Waals surface area (Å²) in [5, 5.41) is 3.29. The van der Waals surface area contributed by atoms with Crippen molar-refractivity contribution >= 4 is 23.1 Å². The van der Waals surface area contributed by atoms with E-state index in [0.29, 0.717) is 12.3 Å². The zero-order valence-electron chi connectivity index (χ0n) is 9.25. The lowest BCUT2D eigenvalue weighted by Gasteiger charge is -2.12. The molecule has 0 saturated heterocycles. The molecular formula is C11H18N2OS. The molecule has 0 amide bonds. The van der Waals surface area contributed by atoms with Gasteiger partial charge in [0.25, 0.3) is 0 Å². The Balaban J connectivity index is 2.66. The highest BCUT2D eigenvalue weighted by molar-refractivity contribution is 7.98. The second-order valence-corrected chi connectivity index (χ2v) is 4.06. The molecule has 3 N–H and O–H groups in total. The topological polar surface area (TPSA) is 47.3 Å². The molecule has 0 aliphatic carbocycles. The third kappa shape index (κ3) is 3.55. The van der Waals surface area contributed by atoms with E-state index >= 15 is 0 Å². The molecule has 0 aliphatic rings. The summed E-state index contributed by atoms with van der Waals surface area (Å²) in [4.78, 5) is 0. The predicted molar refractivity (Wildman–Crippen MR) is 68.9 cm³/mol. The van der Waals surface area contributed by atoms with Gasteiger partial charge in [-0.25, -0.2) is 0 Å². The number of thioether (sulfide) groups is 1. The lowest BCUT2D eigenvalue weighted by Crippen LogP contribution is -2.07. The summed E-state index contributed by atoms with van der Waals surface area (Å²) >= 11 is 1.81. The number of hydrogen-bond donors (Lipinski definition) is 2. The monoisotopic (exact) mass is 226 g/mol. The summed E-state index contributed by atoms with van der Waals surface area (Å²) < 4.78 is 5.41. The fourth-order valence-corrected chi connectivity index (χ4v) is 1.57. The predicted octanol–water partition coefficient (Wildman–Crippen LogP) is 2.44. The molecule has 0 bridgehead atoms. The molecule has 0 fully saturated rings. The third-order valence-electron chi connectivity index (χ3n) is 1.99. The Hall–Kier alpha value is -1.03. The lowest BCUT2D eigenvalue weighted by molar-refractivity contribution is 0.342. The number of anilines is 2. The van der Waals surface area contributed by atoms with Crippen LogP contribution in [0, 0.1) is 0 Å². The van der Waals surface area contributed by atoms with Crippen LogP contribution in [0.5, 0.6) is 5.75 Å². The van der Waals surface area contributed by atoms with Crippen LogP contribution in [0.3, 0.4) is 0 Å². The van der Waals surface area contributed by atoms with Crippen LogP contribution < -0.4 is 15.8 Å². The molecule has 1 aromatic rings. The minimum absolute atomic E-state index is 0.637. The molecule has 1 rings (SSSR count). The second kappa shape index (κ2) is 6.45. The summed E-state index contributed by atoms with van der Waals surface area (Å²) in [6, 6.07) is 5.81. The van der Waals surface area contributed by atoms with Crippen LogP contribution >= 0.6 is 11.8 Å². The summed E-state index contributed by atoms with van der Waals surface area (Å²) in [6.45, 7) is 3.51. The van der Waals surface area contributed by atoms with Gasteiger partial charge in [0, 0.05) is 12.3 Å². The van der Waals surface area contributed by atoms with Gasteiger partial charge in [0.2, 0.25) is 0 Å². The molecule has 0 spiro atoms. The molecular weight excluding hydrogens is 208 g/mol. The first-order chi connectivity index (χ1) is 7.29. The molecule has 4 heteroatoms. The van der Waals surface area contributed by atoms with Crippen molar-refractivity contribution in [3.05, 3.63) is 18.2 Å². The standard InChI is InChI=1S/C11H18N2OS/c1-3-14-10-6-4-5-9(11(10)12)13-7-8-15-2/h4-6,13H,3,7-8,12H2,1-2H3. The van der Waals surface area contributed by atoms with E-state index in [4.69, 9.17) is 10.5 Å². The number of hydrogen-bond acceptors (Lipinski definition) is 4. The molecule has 84 valence electrons. The lowest BCUT2D eigenvalue weighted by atomic mass is 10.2. The van der Waals surface area contributed by atoms with Gasteiger partial charge in [-0.3, -0.25) is 0 Å². The van der Waals surface area contributed by atoms with Crippen molar-refractivity contribution in [1.29, 1.82) is 0 Å². The molecule has 0 unspecified atom stereocenters. The van der Waals surface area contributed by atoms with Gasteiger partial charge in [0.15, 0.2) is 0 Å². The summed E-state index contributed by atoms with van der Waals surface area (Å²) in [6.07, 6.45) is 2.08. The van der Waals surface area contributed by atoms with E-state index in [-0.39, 0.29) is 0 Å². The van der Waals surface area contributed by atoms with Gasteiger partial charge in [-0.15, -0.1) is 0 Å². The molecule has 15 heavy (non-hydrogen) atoms. The normalized spacial score (nSPS) is 10.0. The smallest absolute Gasteiger partial charge is 0.144 e. The number of benzene rings is 1. The van der Waals surface area contributed by atoms with Crippen LogP contribution in [0.1, 0.15) is 6.92 Å². The fourth-order valence-electron chi connectivity index (χ4n) is 1.27. The Kier molecular flexibility index (Phi) is 5.18. The summed E-state index contributed by atoms with van der Waals surface area (Å²) in [5.41, 5.74) is 7.61. The van der Waals surface area contributed by atoms with Crippen molar-refractivity contribution in [3.8, 4) is 5.75 Å². The average molecular weight is 226 g/mol. The van der Waals surface area contributed by atoms with Crippen molar-refractivity contribution in [2.24, 2.45) is 0 Å². The first-order valence-corrected chi connectivity index (χ1v) is 6.43. The number of ether oxygens (including phenoxy) is 1. The van der Waals surface area contributed by atoms with E-state index in [1.165, 1.54) is 0 Å². The van der Waals surface area contributed by atoms with Crippen LogP contribution in [-0.4, -0.2) is 25.2 Å². The zero-order valence-corrected chi connectivity index (χ0v) is 10.1. The Morgan fingerprint density at radius 2 is 2.27 bits per heavy atom. The third-order valence-corrected chi connectivity index (χ3v) is 2.60. The van der Waals surface area contributed by atoms with Crippen LogP contribution in [0.15, 0.2) is 18.2 Å². The Labute approximate surface area is 95.4 Å². The van der Waals surface area contributed by atoms with Crippen molar-refractivity contribution in [1.82, 2.24) is 0 Å². The van der Waals surface area contributed by atoms with Gasteiger partial charge in [0.05, 0.1) is 18.0 Å². The maximum Gasteiger partial charge on any atom is 0.144 e. The highest BCUT2D eigenvalue weighted by atomic mass is 32.2. The van der Waals surface area contributed by atoms with Crippen LogP contribution in [0.25, 0.3) is 0 Å². The van der Waals surface area contributed by atoms with Crippen molar-refractivity contribution < 1.29 is 4.74 Å². The van der Waals surface area contributed by atoms with E-state index in [0.717, 1.165) is 23.7 Å². The van der Waals surface area contributed by atoms with Gasteiger partial charge in [-0.2, -0.15) is 11.8 Å². The molecule has 0 radical (unpaired) electrons. The Bertz CT molecular complexity index is 305. The number of nitrogens with two attached hydrogens (primary N) is 1. The quantitative estimate of drug-likeness (QED) is 0.578. The van der Waals surface area contributed by atoms with Gasteiger partial charge >= 0.3 is 0 Å². The summed E-state index contributed by atoms with van der Waals surface area (Å²) in [7, 11) is 0. The Morgan fingerprint density at radius 3 is 2.93 bits per heavy atom. The SMILES string of the molecule is CCOc1cccc(NCCSC)c1N. The van der Waals surface area contributed by atoms with Gasteiger partial charge in [0.1, 0.15) is 5.75 Å². The second-order valence-electron chi connectivity index (χ2n) is 3.07. The van der Waals surface area contributed by atoms with E-state index in [2.05, 4.69) is 11.6 Å². The van der Waals surface area contributed by atoms with Crippen molar-refractivity contribution in [2.45, 2.75) is 6.92 Å². The van der Waals surface area contributed by atoms with Crippen LogP contribution in [0.2, 0.25) is 0 Å². The van der Waals surface area contributed by atoms with Gasteiger partial charge in [-0.05, 0) is 25.3 Å². The molecule has 0 heterocycles. The maximum atomic E-state index is 5.96. The van der Waals surface area contributed by atoms with Crippen molar-refractivity contribution in [3.63, 3.8) is 0 Å². The first kappa shape index (κ1) is 12.0. The number of para-hydroxylation sites is 1.